The van der Waals surface area contributed by atoms with Crippen molar-refractivity contribution in [2.45, 2.75) is 38.1 Å². The highest BCUT2D eigenvalue weighted by atomic mass is 16.2. The van der Waals surface area contributed by atoms with E-state index in [0.29, 0.717) is 30.1 Å². The average Bonchev–Trinajstić information content (AvgIpc) is 2.77. The molecular formula is C17H22N4O3. The van der Waals surface area contributed by atoms with Gasteiger partial charge in [0, 0.05) is 0 Å². The summed E-state index contributed by atoms with van der Waals surface area (Å²) in [6, 6.07) is 6.35. The molecule has 4 amide bonds. The van der Waals surface area contributed by atoms with E-state index >= 15 is 0 Å². The van der Waals surface area contributed by atoms with E-state index in [2.05, 4.69) is 17.6 Å². The quantitative estimate of drug-likeness (QED) is 0.579. The first kappa shape index (κ1) is 16.3. The maximum absolute atomic E-state index is 12.7. The Hall–Kier alpha value is -2.57. The van der Waals surface area contributed by atoms with Crippen LogP contribution in [0.25, 0.3) is 0 Å². The van der Waals surface area contributed by atoms with E-state index in [0.717, 1.165) is 17.7 Å². The van der Waals surface area contributed by atoms with E-state index < -0.39 is 17.5 Å². The lowest BCUT2D eigenvalue weighted by Crippen LogP contribution is -2.49. The molecule has 0 bridgehead atoms. The highest BCUT2D eigenvalue weighted by Crippen LogP contribution is 2.36. The van der Waals surface area contributed by atoms with E-state index in [9.17, 15) is 14.4 Å². The van der Waals surface area contributed by atoms with Gasteiger partial charge in [-0.2, -0.15) is 0 Å². The van der Waals surface area contributed by atoms with Gasteiger partial charge in [0.1, 0.15) is 12.1 Å². The summed E-state index contributed by atoms with van der Waals surface area (Å²) in [5, 5.41) is 5.44. The van der Waals surface area contributed by atoms with Crippen molar-refractivity contribution in [3.8, 4) is 0 Å². The molecule has 0 radical (unpaired) electrons. The third-order valence-electron chi connectivity index (χ3n) is 4.91. The number of nitrogen functional groups attached to an aromatic ring is 1. The Bertz CT molecular complexity index is 680. The maximum atomic E-state index is 12.7. The third kappa shape index (κ3) is 2.93. The van der Waals surface area contributed by atoms with Crippen molar-refractivity contribution in [3.63, 3.8) is 0 Å². The lowest BCUT2D eigenvalue weighted by atomic mass is 9.77. The molecular weight excluding hydrogens is 308 g/mol. The van der Waals surface area contributed by atoms with Crippen LogP contribution in [0.2, 0.25) is 0 Å². The molecule has 2 aliphatic rings. The van der Waals surface area contributed by atoms with Crippen molar-refractivity contribution in [3.05, 3.63) is 24.3 Å². The standard InChI is InChI=1S/C17H22N4O3/c1-11-6-8-17(9-7-11)15(23)21(16(24)20-17)10-14(22)19-13-5-3-2-4-12(13)18/h2-5,11H,6-10,18H2,1H3,(H,19,22)(H,20,24). The van der Waals surface area contributed by atoms with Gasteiger partial charge in [-0.1, -0.05) is 19.1 Å². The summed E-state index contributed by atoms with van der Waals surface area (Å²) in [6.45, 7) is 1.83. The van der Waals surface area contributed by atoms with Crippen molar-refractivity contribution < 1.29 is 14.4 Å². The van der Waals surface area contributed by atoms with Gasteiger partial charge in [0.2, 0.25) is 5.91 Å². The Morgan fingerprint density at radius 1 is 1.33 bits per heavy atom. The minimum Gasteiger partial charge on any atom is -0.397 e. The second-order valence-electron chi connectivity index (χ2n) is 6.72. The minimum atomic E-state index is -0.824. The molecule has 24 heavy (non-hydrogen) atoms. The number of para-hydroxylation sites is 2. The van der Waals surface area contributed by atoms with Gasteiger partial charge < -0.3 is 16.4 Å². The molecule has 7 heteroatoms. The zero-order valence-corrected chi connectivity index (χ0v) is 13.7. The topological polar surface area (TPSA) is 105 Å². The molecule has 0 atom stereocenters. The van der Waals surface area contributed by atoms with Gasteiger partial charge in [-0.25, -0.2) is 4.79 Å². The number of hydrogen-bond acceptors (Lipinski definition) is 4. The SMILES string of the molecule is CC1CCC2(CC1)NC(=O)N(CC(=O)Nc1ccccc1N)C2=O. The summed E-state index contributed by atoms with van der Waals surface area (Å²) in [6.07, 6.45) is 3.05. The number of rotatable bonds is 3. The van der Waals surface area contributed by atoms with Crippen molar-refractivity contribution in [2.75, 3.05) is 17.6 Å². The summed E-state index contributed by atoms with van der Waals surface area (Å²) in [5.74, 6) is -0.188. The number of carbonyl (C=O) groups is 3. The number of hydrogen-bond donors (Lipinski definition) is 3. The molecule has 1 saturated heterocycles. The first-order valence-electron chi connectivity index (χ1n) is 8.20. The molecule has 1 heterocycles. The first-order valence-corrected chi connectivity index (χ1v) is 8.20. The van der Waals surface area contributed by atoms with E-state index in [1.54, 1.807) is 24.3 Å². The lowest BCUT2D eigenvalue weighted by molar-refractivity contribution is -0.135. The van der Waals surface area contributed by atoms with Crippen LogP contribution in [0.5, 0.6) is 0 Å². The van der Waals surface area contributed by atoms with Gasteiger partial charge in [0.25, 0.3) is 5.91 Å². The summed E-state index contributed by atoms with van der Waals surface area (Å²) in [5.41, 5.74) is 5.86. The van der Waals surface area contributed by atoms with Crippen molar-refractivity contribution >= 4 is 29.2 Å². The molecule has 1 aliphatic heterocycles. The van der Waals surface area contributed by atoms with Crippen LogP contribution in [0.15, 0.2) is 24.3 Å². The van der Waals surface area contributed by atoms with Gasteiger partial charge in [0.05, 0.1) is 11.4 Å². The van der Waals surface area contributed by atoms with Crippen molar-refractivity contribution in [1.82, 2.24) is 10.2 Å². The molecule has 4 N–H and O–H groups in total. The second kappa shape index (κ2) is 6.14. The molecule has 0 aromatic heterocycles. The van der Waals surface area contributed by atoms with Crippen LogP contribution in [0.4, 0.5) is 16.2 Å². The number of anilines is 2. The van der Waals surface area contributed by atoms with Crippen LogP contribution in [0.3, 0.4) is 0 Å². The van der Waals surface area contributed by atoms with Gasteiger partial charge in [-0.05, 0) is 43.7 Å². The predicted molar refractivity (Wildman–Crippen MR) is 90.1 cm³/mol. The second-order valence-corrected chi connectivity index (χ2v) is 6.72. The summed E-state index contributed by atoms with van der Waals surface area (Å²) in [7, 11) is 0. The molecule has 1 aliphatic carbocycles. The zero-order chi connectivity index (χ0) is 17.3. The molecule has 1 saturated carbocycles. The zero-order valence-electron chi connectivity index (χ0n) is 13.7. The maximum Gasteiger partial charge on any atom is 0.325 e. The van der Waals surface area contributed by atoms with Crippen LogP contribution < -0.4 is 16.4 Å². The molecule has 3 rings (SSSR count). The first-order chi connectivity index (χ1) is 11.4. The number of nitrogens with one attached hydrogen (secondary N) is 2. The number of nitrogens with two attached hydrogens (primary N) is 1. The highest BCUT2D eigenvalue weighted by Gasteiger charge is 2.52. The fraction of sp³-hybridized carbons (Fsp3) is 0.471. The summed E-state index contributed by atoms with van der Waals surface area (Å²) >= 11 is 0. The Kier molecular flexibility index (Phi) is 4.17. The van der Waals surface area contributed by atoms with Crippen molar-refractivity contribution in [2.24, 2.45) is 5.92 Å². The Balaban J connectivity index is 1.67. The molecule has 1 aromatic rings. The van der Waals surface area contributed by atoms with Crippen LogP contribution in [0.1, 0.15) is 32.6 Å². The summed E-state index contributed by atoms with van der Waals surface area (Å²) < 4.78 is 0. The van der Waals surface area contributed by atoms with Crippen molar-refractivity contribution in [1.29, 1.82) is 0 Å². The minimum absolute atomic E-state index is 0.296. The van der Waals surface area contributed by atoms with Gasteiger partial charge in [-0.3, -0.25) is 14.5 Å². The van der Waals surface area contributed by atoms with E-state index in [-0.39, 0.29) is 12.5 Å². The molecule has 1 aromatic carbocycles. The van der Waals surface area contributed by atoms with Crippen LogP contribution >= 0.6 is 0 Å². The van der Waals surface area contributed by atoms with E-state index in [4.69, 9.17) is 5.73 Å². The van der Waals surface area contributed by atoms with Gasteiger partial charge >= 0.3 is 6.03 Å². The molecule has 1 spiro atoms. The number of benzene rings is 1. The molecule has 128 valence electrons. The van der Waals surface area contributed by atoms with Gasteiger partial charge in [-0.15, -0.1) is 0 Å². The van der Waals surface area contributed by atoms with Crippen LogP contribution in [-0.2, 0) is 9.59 Å². The number of carbonyl (C=O) groups excluding carboxylic acids is 3. The number of nitrogens with zero attached hydrogens (tertiary/aromatic N) is 1. The Morgan fingerprint density at radius 3 is 2.67 bits per heavy atom. The average molecular weight is 330 g/mol. The van der Waals surface area contributed by atoms with E-state index in [1.807, 2.05) is 0 Å². The Labute approximate surface area is 140 Å². The smallest absolute Gasteiger partial charge is 0.325 e. The van der Waals surface area contributed by atoms with Crippen LogP contribution in [-0.4, -0.2) is 34.8 Å². The lowest BCUT2D eigenvalue weighted by Gasteiger charge is -2.33. The molecule has 2 fully saturated rings. The highest BCUT2D eigenvalue weighted by molar-refractivity contribution is 6.10. The largest absolute Gasteiger partial charge is 0.397 e. The summed E-state index contributed by atoms with van der Waals surface area (Å²) in [4.78, 5) is 38.1. The Morgan fingerprint density at radius 2 is 2.00 bits per heavy atom. The van der Waals surface area contributed by atoms with E-state index in [1.165, 1.54) is 0 Å². The third-order valence-corrected chi connectivity index (χ3v) is 4.91. The predicted octanol–water partition coefficient (Wildman–Crippen LogP) is 1.71. The molecule has 0 unspecified atom stereocenters. The number of imide groups is 1. The number of urea groups is 1. The monoisotopic (exact) mass is 330 g/mol. The fourth-order valence-corrected chi connectivity index (χ4v) is 3.36. The normalized spacial score (nSPS) is 26.5. The molecule has 7 nitrogen and oxygen atoms in total. The van der Waals surface area contributed by atoms with Gasteiger partial charge in [0.15, 0.2) is 0 Å². The fourth-order valence-electron chi connectivity index (χ4n) is 3.36. The van der Waals surface area contributed by atoms with Crippen LogP contribution in [0, 0.1) is 5.92 Å². The number of amides is 4.